The van der Waals surface area contributed by atoms with Crippen LogP contribution < -0.4 is 15.5 Å². The minimum Gasteiger partial charge on any atom is -0.378 e. The standard InChI is InChI=1S/C26H26N6O2/c33-26(16-20-4-2-1-3-5-20)30-22-18-28-32(19-22)24-10-11-27-25(17-24)29-21-6-8-23(9-7-21)31-12-14-34-15-13-31/h1-11,17-19H,12-16H2,(H,27,29)(H,30,33). The molecule has 0 spiro atoms. The molecule has 5 rings (SSSR count). The summed E-state index contributed by atoms with van der Waals surface area (Å²) in [6.07, 6.45) is 5.48. The predicted molar refractivity (Wildman–Crippen MR) is 133 cm³/mol. The van der Waals surface area contributed by atoms with E-state index in [4.69, 9.17) is 4.74 Å². The van der Waals surface area contributed by atoms with Gasteiger partial charge in [-0.25, -0.2) is 9.67 Å². The van der Waals surface area contributed by atoms with Crippen LogP contribution in [0.3, 0.4) is 0 Å². The zero-order valence-electron chi connectivity index (χ0n) is 18.7. The smallest absolute Gasteiger partial charge is 0.228 e. The topological polar surface area (TPSA) is 84.3 Å². The van der Waals surface area contributed by atoms with Gasteiger partial charge in [-0.05, 0) is 35.9 Å². The van der Waals surface area contributed by atoms with E-state index in [2.05, 4.69) is 37.7 Å². The van der Waals surface area contributed by atoms with Gasteiger partial charge in [0, 0.05) is 36.7 Å². The Hall–Kier alpha value is -4.17. The molecule has 2 aromatic carbocycles. The number of nitrogens with one attached hydrogen (secondary N) is 2. The van der Waals surface area contributed by atoms with Crippen molar-refractivity contribution in [1.29, 1.82) is 0 Å². The van der Waals surface area contributed by atoms with E-state index in [1.165, 1.54) is 5.69 Å². The average Bonchev–Trinajstić information content (AvgIpc) is 3.34. The quantitative estimate of drug-likeness (QED) is 0.439. The average molecular weight is 455 g/mol. The van der Waals surface area contributed by atoms with Crippen LogP contribution in [0.4, 0.5) is 22.9 Å². The van der Waals surface area contributed by atoms with Crippen LogP contribution in [0.5, 0.6) is 0 Å². The number of aromatic nitrogens is 3. The monoisotopic (exact) mass is 454 g/mol. The zero-order chi connectivity index (χ0) is 23.2. The lowest BCUT2D eigenvalue weighted by Gasteiger charge is -2.28. The number of carbonyl (C=O) groups is 1. The minimum absolute atomic E-state index is 0.0802. The summed E-state index contributed by atoms with van der Waals surface area (Å²) in [5, 5.41) is 10.6. The lowest BCUT2D eigenvalue weighted by molar-refractivity contribution is -0.115. The Morgan fingerprint density at radius 2 is 1.74 bits per heavy atom. The van der Waals surface area contributed by atoms with E-state index in [1.807, 2.05) is 54.6 Å². The molecule has 1 amide bonds. The Labute approximate surface area is 198 Å². The van der Waals surface area contributed by atoms with Gasteiger partial charge in [-0.15, -0.1) is 0 Å². The lowest BCUT2D eigenvalue weighted by Crippen LogP contribution is -2.36. The fourth-order valence-corrected chi connectivity index (χ4v) is 3.87. The summed E-state index contributed by atoms with van der Waals surface area (Å²) in [6.45, 7) is 3.36. The summed E-state index contributed by atoms with van der Waals surface area (Å²) in [5.74, 6) is 0.630. The molecule has 0 aliphatic carbocycles. The van der Waals surface area contributed by atoms with Gasteiger partial charge in [0.1, 0.15) is 5.82 Å². The molecule has 1 aliphatic rings. The van der Waals surface area contributed by atoms with Gasteiger partial charge in [0.25, 0.3) is 0 Å². The minimum atomic E-state index is -0.0802. The van der Waals surface area contributed by atoms with Crippen molar-refractivity contribution in [3.8, 4) is 5.69 Å². The van der Waals surface area contributed by atoms with Crippen LogP contribution in [0, 0.1) is 0 Å². The van der Waals surface area contributed by atoms with Crippen LogP contribution in [0.25, 0.3) is 5.69 Å². The molecule has 0 bridgehead atoms. The van der Waals surface area contributed by atoms with Gasteiger partial charge in [-0.3, -0.25) is 4.79 Å². The Morgan fingerprint density at radius 3 is 2.53 bits per heavy atom. The van der Waals surface area contributed by atoms with Crippen molar-refractivity contribution in [2.24, 2.45) is 0 Å². The van der Waals surface area contributed by atoms with Gasteiger partial charge in [0.2, 0.25) is 5.91 Å². The van der Waals surface area contributed by atoms with Crippen molar-refractivity contribution in [3.05, 3.63) is 90.9 Å². The maximum absolute atomic E-state index is 12.3. The van der Waals surface area contributed by atoms with E-state index in [1.54, 1.807) is 23.3 Å². The summed E-state index contributed by atoms with van der Waals surface area (Å²) in [7, 11) is 0. The first-order valence-electron chi connectivity index (χ1n) is 11.3. The lowest BCUT2D eigenvalue weighted by atomic mass is 10.1. The first kappa shape index (κ1) is 21.7. The number of ether oxygens (including phenoxy) is 1. The van der Waals surface area contributed by atoms with E-state index in [0.29, 0.717) is 17.9 Å². The number of morpholine rings is 1. The number of benzene rings is 2. The number of hydrogen-bond donors (Lipinski definition) is 2. The van der Waals surface area contributed by atoms with Crippen LogP contribution in [0.2, 0.25) is 0 Å². The molecule has 172 valence electrons. The molecule has 0 atom stereocenters. The van der Waals surface area contributed by atoms with Crippen LogP contribution in [0.1, 0.15) is 5.56 Å². The van der Waals surface area contributed by atoms with Crippen LogP contribution in [-0.2, 0) is 16.0 Å². The van der Waals surface area contributed by atoms with Gasteiger partial charge < -0.3 is 20.3 Å². The van der Waals surface area contributed by atoms with Gasteiger partial charge in [0.05, 0.1) is 43.4 Å². The fourth-order valence-electron chi connectivity index (χ4n) is 3.87. The van der Waals surface area contributed by atoms with Crippen LogP contribution in [0.15, 0.2) is 85.3 Å². The summed E-state index contributed by atoms with van der Waals surface area (Å²) < 4.78 is 7.14. The third-order valence-corrected chi connectivity index (χ3v) is 5.60. The molecule has 0 saturated carbocycles. The van der Waals surface area contributed by atoms with Crippen LogP contribution >= 0.6 is 0 Å². The molecule has 0 radical (unpaired) electrons. The van der Waals surface area contributed by atoms with E-state index >= 15 is 0 Å². The number of rotatable bonds is 7. The Kier molecular flexibility index (Phi) is 6.49. The molecule has 4 aromatic rings. The van der Waals surface area contributed by atoms with Gasteiger partial charge >= 0.3 is 0 Å². The third-order valence-electron chi connectivity index (χ3n) is 5.60. The highest BCUT2D eigenvalue weighted by atomic mass is 16.5. The first-order chi connectivity index (χ1) is 16.7. The molecule has 34 heavy (non-hydrogen) atoms. The van der Waals surface area contributed by atoms with Gasteiger partial charge in [0.15, 0.2) is 0 Å². The molecule has 1 fully saturated rings. The normalized spacial score (nSPS) is 13.5. The molecule has 1 saturated heterocycles. The maximum atomic E-state index is 12.3. The van der Waals surface area contributed by atoms with Crippen molar-refractivity contribution in [2.45, 2.75) is 6.42 Å². The molecule has 8 heteroatoms. The van der Waals surface area contributed by atoms with E-state index in [-0.39, 0.29) is 5.91 Å². The largest absolute Gasteiger partial charge is 0.378 e. The van der Waals surface area contributed by atoms with E-state index in [0.717, 1.165) is 43.2 Å². The van der Waals surface area contributed by atoms with Gasteiger partial charge in [-0.2, -0.15) is 5.10 Å². The van der Waals surface area contributed by atoms with Crippen molar-refractivity contribution in [1.82, 2.24) is 14.8 Å². The molecule has 2 aromatic heterocycles. The molecular formula is C26H26N6O2. The Bertz CT molecular complexity index is 1230. The number of nitrogens with zero attached hydrogens (tertiary/aromatic N) is 4. The highest BCUT2D eigenvalue weighted by molar-refractivity contribution is 5.92. The number of carbonyl (C=O) groups excluding carboxylic acids is 1. The van der Waals surface area contributed by atoms with Crippen molar-refractivity contribution in [2.75, 3.05) is 41.8 Å². The molecular weight excluding hydrogens is 428 g/mol. The number of pyridine rings is 1. The van der Waals surface area contributed by atoms with E-state index in [9.17, 15) is 4.79 Å². The number of anilines is 4. The molecule has 8 nitrogen and oxygen atoms in total. The predicted octanol–water partition coefficient (Wildman–Crippen LogP) is 4.03. The molecule has 2 N–H and O–H groups in total. The summed E-state index contributed by atoms with van der Waals surface area (Å²) >= 11 is 0. The Balaban J connectivity index is 1.22. The summed E-state index contributed by atoms with van der Waals surface area (Å²) in [4.78, 5) is 19.1. The summed E-state index contributed by atoms with van der Waals surface area (Å²) in [6, 6.07) is 21.8. The second kappa shape index (κ2) is 10.2. The number of amides is 1. The zero-order valence-corrected chi connectivity index (χ0v) is 18.7. The van der Waals surface area contributed by atoms with Crippen LogP contribution in [-0.4, -0.2) is 47.0 Å². The maximum Gasteiger partial charge on any atom is 0.228 e. The molecule has 1 aliphatic heterocycles. The second-order valence-electron chi connectivity index (χ2n) is 8.05. The fraction of sp³-hybridized carbons (Fsp3) is 0.192. The Morgan fingerprint density at radius 1 is 0.941 bits per heavy atom. The summed E-state index contributed by atoms with van der Waals surface area (Å²) in [5.41, 5.74) is 4.59. The highest BCUT2D eigenvalue weighted by Crippen LogP contribution is 2.22. The van der Waals surface area contributed by atoms with Crippen molar-refractivity contribution >= 4 is 28.8 Å². The van der Waals surface area contributed by atoms with Crippen molar-refractivity contribution in [3.63, 3.8) is 0 Å². The van der Waals surface area contributed by atoms with Crippen molar-refractivity contribution < 1.29 is 9.53 Å². The SMILES string of the molecule is O=C(Cc1ccccc1)Nc1cnn(-c2ccnc(Nc3ccc(N4CCOCC4)cc3)c2)c1. The second-order valence-corrected chi connectivity index (χ2v) is 8.05. The number of hydrogen-bond acceptors (Lipinski definition) is 6. The molecule has 3 heterocycles. The molecule has 0 unspecified atom stereocenters. The van der Waals surface area contributed by atoms with Gasteiger partial charge in [-0.1, -0.05) is 30.3 Å². The third kappa shape index (κ3) is 5.41. The first-order valence-corrected chi connectivity index (χ1v) is 11.3. The van der Waals surface area contributed by atoms with E-state index < -0.39 is 0 Å². The highest BCUT2D eigenvalue weighted by Gasteiger charge is 2.11.